The van der Waals surface area contributed by atoms with Gasteiger partial charge in [0.2, 0.25) is 0 Å². The SMILES string of the molecule is C=CCCC1CCC(C2CCC(C#CC#N)CC2)CC1. The topological polar surface area (TPSA) is 23.8 Å². The molecule has 2 saturated carbocycles. The number of hydrogen-bond donors (Lipinski definition) is 0. The lowest BCUT2D eigenvalue weighted by Crippen LogP contribution is -2.25. The van der Waals surface area contributed by atoms with E-state index in [1.54, 1.807) is 0 Å². The molecule has 0 atom stereocenters. The Morgan fingerprint density at radius 1 is 0.950 bits per heavy atom. The molecule has 0 aromatic carbocycles. The molecule has 0 aromatic heterocycles. The molecule has 2 aliphatic carbocycles. The predicted molar refractivity (Wildman–Crippen MR) is 83.7 cm³/mol. The van der Waals surface area contributed by atoms with Crippen molar-refractivity contribution in [3.8, 4) is 17.9 Å². The molecular weight excluding hydrogens is 242 g/mol. The van der Waals surface area contributed by atoms with Crippen LogP contribution in [0.3, 0.4) is 0 Å². The molecule has 2 aliphatic rings. The second-order valence-electron chi connectivity index (χ2n) is 6.64. The molecule has 0 heterocycles. The molecule has 1 heteroatoms. The summed E-state index contributed by atoms with van der Waals surface area (Å²) in [5, 5.41) is 8.51. The van der Waals surface area contributed by atoms with E-state index in [0.717, 1.165) is 17.8 Å². The molecule has 0 saturated heterocycles. The number of rotatable bonds is 4. The second-order valence-corrected chi connectivity index (χ2v) is 6.64. The predicted octanol–water partition coefficient (Wildman–Crippen LogP) is 5.09. The van der Waals surface area contributed by atoms with Gasteiger partial charge in [0.1, 0.15) is 0 Å². The smallest absolute Gasteiger partial charge is 0.152 e. The zero-order valence-electron chi connectivity index (χ0n) is 12.6. The molecule has 1 nitrogen and oxygen atoms in total. The van der Waals surface area contributed by atoms with E-state index in [1.807, 2.05) is 6.07 Å². The lowest BCUT2D eigenvalue weighted by atomic mass is 9.69. The van der Waals surface area contributed by atoms with Crippen molar-refractivity contribution in [1.29, 1.82) is 5.26 Å². The van der Waals surface area contributed by atoms with Gasteiger partial charge in [-0.3, -0.25) is 0 Å². The Labute approximate surface area is 124 Å². The van der Waals surface area contributed by atoms with Crippen LogP contribution in [0.5, 0.6) is 0 Å². The van der Waals surface area contributed by atoms with Crippen molar-refractivity contribution in [2.24, 2.45) is 23.7 Å². The minimum Gasteiger partial charge on any atom is -0.183 e. The third-order valence-corrected chi connectivity index (χ3v) is 5.44. The zero-order valence-corrected chi connectivity index (χ0v) is 12.6. The molecule has 0 spiro atoms. The highest BCUT2D eigenvalue weighted by atomic mass is 14.3. The molecule has 0 radical (unpaired) electrons. The third-order valence-electron chi connectivity index (χ3n) is 5.44. The van der Waals surface area contributed by atoms with Crippen LogP contribution in [-0.4, -0.2) is 0 Å². The van der Waals surface area contributed by atoms with Crippen LogP contribution in [0.4, 0.5) is 0 Å². The third kappa shape index (κ3) is 4.42. The highest BCUT2D eigenvalue weighted by molar-refractivity contribution is 5.18. The monoisotopic (exact) mass is 269 g/mol. The molecule has 0 aliphatic heterocycles. The summed E-state index contributed by atoms with van der Waals surface area (Å²) in [7, 11) is 0. The highest BCUT2D eigenvalue weighted by Gasteiger charge is 2.30. The van der Waals surface area contributed by atoms with E-state index < -0.39 is 0 Å². The molecule has 2 fully saturated rings. The Bertz CT molecular complexity index is 390. The number of hydrogen-bond acceptors (Lipinski definition) is 1. The number of nitriles is 1. The number of allylic oxidation sites excluding steroid dienone is 1. The standard InChI is InChI=1S/C19H27N/c1-2-3-5-16-7-11-18(12-8-16)19-13-9-17(10-14-19)6-4-15-20/h2,16-19H,1,3,5,7-14H2. The molecule has 0 bridgehead atoms. The van der Waals surface area contributed by atoms with Crippen molar-refractivity contribution < 1.29 is 0 Å². The normalized spacial score (nSPS) is 33.5. The maximum Gasteiger partial charge on any atom is 0.152 e. The van der Waals surface area contributed by atoms with Gasteiger partial charge in [0.05, 0.1) is 0 Å². The van der Waals surface area contributed by atoms with E-state index in [9.17, 15) is 0 Å². The summed E-state index contributed by atoms with van der Waals surface area (Å²) in [6.07, 6.45) is 15.5. The van der Waals surface area contributed by atoms with Gasteiger partial charge in [-0.25, -0.2) is 0 Å². The fourth-order valence-electron chi connectivity index (χ4n) is 4.17. The van der Waals surface area contributed by atoms with E-state index in [2.05, 4.69) is 24.5 Å². The van der Waals surface area contributed by atoms with Crippen molar-refractivity contribution in [2.45, 2.75) is 64.2 Å². The fraction of sp³-hybridized carbons (Fsp3) is 0.737. The van der Waals surface area contributed by atoms with Gasteiger partial charge < -0.3 is 0 Å². The zero-order chi connectivity index (χ0) is 14.2. The summed E-state index contributed by atoms with van der Waals surface area (Å²) in [5.41, 5.74) is 0. The van der Waals surface area contributed by atoms with Crippen LogP contribution < -0.4 is 0 Å². The largest absolute Gasteiger partial charge is 0.183 e. The first-order valence-corrected chi connectivity index (χ1v) is 8.34. The van der Waals surface area contributed by atoms with Gasteiger partial charge in [-0.2, -0.15) is 5.26 Å². The molecule has 0 amide bonds. The van der Waals surface area contributed by atoms with E-state index in [4.69, 9.17) is 5.26 Å². The van der Waals surface area contributed by atoms with Gasteiger partial charge >= 0.3 is 0 Å². The molecule has 2 rings (SSSR count). The Balaban J connectivity index is 1.70. The molecule has 0 N–H and O–H groups in total. The van der Waals surface area contributed by atoms with Gasteiger partial charge in [-0.15, -0.1) is 6.58 Å². The second kappa shape index (κ2) is 8.16. The average molecular weight is 269 g/mol. The molecule has 108 valence electrons. The van der Waals surface area contributed by atoms with Gasteiger partial charge in [-0.1, -0.05) is 24.8 Å². The Kier molecular flexibility index (Phi) is 6.20. The molecule has 20 heavy (non-hydrogen) atoms. The molecular formula is C19H27N. The van der Waals surface area contributed by atoms with Crippen molar-refractivity contribution in [3.05, 3.63) is 12.7 Å². The lowest BCUT2D eigenvalue weighted by Gasteiger charge is -2.37. The summed E-state index contributed by atoms with van der Waals surface area (Å²) >= 11 is 0. The minimum absolute atomic E-state index is 0.495. The summed E-state index contributed by atoms with van der Waals surface area (Å²) in [6.45, 7) is 3.83. The van der Waals surface area contributed by atoms with E-state index in [1.165, 1.54) is 64.2 Å². The van der Waals surface area contributed by atoms with Gasteiger partial charge in [0.25, 0.3) is 0 Å². The Morgan fingerprint density at radius 2 is 1.55 bits per heavy atom. The van der Waals surface area contributed by atoms with Crippen LogP contribution >= 0.6 is 0 Å². The minimum atomic E-state index is 0.495. The van der Waals surface area contributed by atoms with Gasteiger partial charge in [0.15, 0.2) is 6.07 Å². The quantitative estimate of drug-likeness (QED) is 0.515. The maximum absolute atomic E-state index is 8.51. The van der Waals surface area contributed by atoms with E-state index >= 15 is 0 Å². The first kappa shape index (κ1) is 15.2. The Hall–Kier alpha value is -1.21. The maximum atomic E-state index is 8.51. The van der Waals surface area contributed by atoms with Crippen molar-refractivity contribution >= 4 is 0 Å². The summed E-state index contributed by atoms with van der Waals surface area (Å²) < 4.78 is 0. The van der Waals surface area contributed by atoms with Crippen molar-refractivity contribution in [1.82, 2.24) is 0 Å². The number of nitrogens with zero attached hydrogens (tertiary/aromatic N) is 1. The van der Waals surface area contributed by atoms with E-state index in [0.29, 0.717) is 5.92 Å². The Morgan fingerprint density at radius 3 is 2.10 bits per heavy atom. The summed E-state index contributed by atoms with van der Waals surface area (Å²) in [5.74, 6) is 9.06. The van der Waals surface area contributed by atoms with Crippen LogP contribution in [0, 0.1) is 46.8 Å². The van der Waals surface area contributed by atoms with Gasteiger partial charge in [0, 0.05) is 11.8 Å². The average Bonchev–Trinajstić information content (AvgIpc) is 2.52. The van der Waals surface area contributed by atoms with Crippen LogP contribution in [0.1, 0.15) is 64.2 Å². The molecule has 0 unspecified atom stereocenters. The first-order chi connectivity index (χ1) is 9.83. The van der Waals surface area contributed by atoms with Crippen LogP contribution in [0.25, 0.3) is 0 Å². The first-order valence-electron chi connectivity index (χ1n) is 8.34. The van der Waals surface area contributed by atoms with Crippen LogP contribution in [-0.2, 0) is 0 Å². The highest BCUT2D eigenvalue weighted by Crippen LogP contribution is 2.42. The molecule has 0 aromatic rings. The van der Waals surface area contributed by atoms with Gasteiger partial charge in [-0.05, 0) is 69.1 Å². The van der Waals surface area contributed by atoms with Crippen LogP contribution in [0.15, 0.2) is 12.7 Å². The van der Waals surface area contributed by atoms with Crippen LogP contribution in [0.2, 0.25) is 0 Å². The summed E-state index contributed by atoms with van der Waals surface area (Å²) in [4.78, 5) is 0. The van der Waals surface area contributed by atoms with Crippen molar-refractivity contribution in [2.75, 3.05) is 0 Å². The lowest BCUT2D eigenvalue weighted by molar-refractivity contribution is 0.154. The van der Waals surface area contributed by atoms with Crippen molar-refractivity contribution in [3.63, 3.8) is 0 Å². The summed E-state index contributed by atoms with van der Waals surface area (Å²) in [6, 6.07) is 1.94. The fourth-order valence-corrected chi connectivity index (χ4v) is 4.17. The van der Waals surface area contributed by atoms with E-state index in [-0.39, 0.29) is 0 Å².